The highest BCUT2D eigenvalue weighted by Gasteiger charge is 2.45. The smallest absolute Gasteiger partial charge is 0.418 e. The molecule has 1 N–H and O–H groups in total. The fourth-order valence-corrected chi connectivity index (χ4v) is 5.61. The van der Waals surface area contributed by atoms with E-state index in [0.29, 0.717) is 23.4 Å². The van der Waals surface area contributed by atoms with Gasteiger partial charge in [0, 0.05) is 12.7 Å². The van der Waals surface area contributed by atoms with E-state index in [9.17, 15) is 14.4 Å². The number of hydrogen-bond acceptors (Lipinski definition) is 6. The van der Waals surface area contributed by atoms with Gasteiger partial charge in [0.05, 0.1) is 24.5 Å². The van der Waals surface area contributed by atoms with E-state index < -0.39 is 24.1 Å². The first-order valence-corrected chi connectivity index (χ1v) is 16.3. The summed E-state index contributed by atoms with van der Waals surface area (Å²) in [4.78, 5) is 40.6. The van der Waals surface area contributed by atoms with Crippen LogP contribution in [0.5, 0.6) is 5.75 Å². The second-order valence-electron chi connectivity index (χ2n) is 11.5. The summed E-state index contributed by atoms with van der Waals surface area (Å²) in [6, 6.07) is 3.93. The van der Waals surface area contributed by atoms with Gasteiger partial charge >= 0.3 is 18.1 Å². The van der Waals surface area contributed by atoms with Crippen LogP contribution in [0.3, 0.4) is 0 Å². The Kier molecular flexibility index (Phi) is 16.5. The van der Waals surface area contributed by atoms with Crippen molar-refractivity contribution in [3.05, 3.63) is 53.4 Å². The molecule has 1 aliphatic heterocycles. The first kappa shape index (κ1) is 35.9. The average molecular weight is 601 g/mol. The van der Waals surface area contributed by atoms with E-state index in [1.54, 1.807) is 13.8 Å². The molecule has 0 radical (unpaired) electrons. The molecule has 1 aromatic rings. The van der Waals surface area contributed by atoms with Crippen molar-refractivity contribution >= 4 is 18.1 Å². The Labute approximate surface area is 260 Å². The Morgan fingerprint density at radius 3 is 2.09 bits per heavy atom. The second-order valence-corrected chi connectivity index (χ2v) is 11.5. The molecule has 1 aromatic carbocycles. The molecule has 0 bridgehead atoms. The predicted molar refractivity (Wildman–Crippen MR) is 173 cm³/mol. The zero-order chi connectivity index (χ0) is 31.6. The Bertz CT molecular complexity index is 1090. The van der Waals surface area contributed by atoms with E-state index in [1.807, 2.05) is 32.0 Å². The summed E-state index contributed by atoms with van der Waals surface area (Å²) in [5.74, 6) is -0.203. The molecule has 1 heterocycles. The molecule has 3 amide bonds. The first-order valence-electron chi connectivity index (χ1n) is 16.3. The van der Waals surface area contributed by atoms with E-state index in [-0.39, 0.29) is 19.7 Å². The molecule has 2 rings (SSSR count). The van der Waals surface area contributed by atoms with Gasteiger partial charge in [0.1, 0.15) is 11.8 Å². The van der Waals surface area contributed by atoms with Crippen molar-refractivity contribution in [3.8, 4) is 5.75 Å². The minimum Gasteiger partial charge on any atom is -0.491 e. The van der Waals surface area contributed by atoms with Gasteiger partial charge in [0.25, 0.3) is 0 Å². The van der Waals surface area contributed by atoms with Gasteiger partial charge in [-0.3, -0.25) is 0 Å². The number of amides is 3. The number of nitrogens with one attached hydrogen (secondary N) is 1. The number of allylic oxidation sites excluding steroid dienone is 1. The lowest BCUT2D eigenvalue weighted by molar-refractivity contribution is -0.134. The first-order chi connectivity index (χ1) is 20.8. The van der Waals surface area contributed by atoms with Crippen molar-refractivity contribution in [1.82, 2.24) is 10.2 Å². The fraction of sp³-hybridized carbons (Fsp3) is 0.629. The van der Waals surface area contributed by atoms with E-state index in [0.717, 1.165) is 36.0 Å². The topological polar surface area (TPSA) is 94.2 Å². The molecule has 0 fully saturated rings. The number of aryl methyl sites for hydroxylation is 1. The number of hydrogen-bond donors (Lipinski definition) is 1. The van der Waals surface area contributed by atoms with Crippen LogP contribution in [0, 0.1) is 0 Å². The molecule has 1 aliphatic rings. The molecule has 1 unspecified atom stereocenters. The molecule has 242 valence electrons. The van der Waals surface area contributed by atoms with Crippen LogP contribution in [0.15, 0.2) is 42.3 Å². The minimum absolute atomic E-state index is 0. The van der Waals surface area contributed by atoms with Crippen molar-refractivity contribution < 1.29 is 30.0 Å². The highest BCUT2D eigenvalue weighted by atomic mass is 16.6. The zero-order valence-corrected chi connectivity index (χ0v) is 27.2. The van der Waals surface area contributed by atoms with Gasteiger partial charge in [0.15, 0.2) is 0 Å². The standard InChI is InChI=1S/C35H54N2O6.H2/c1-7-10-11-12-13-14-15-16-17-18-19-20-21-23-28-24-22-25-29(43-26(4)5)31(28)32-30(33(38)41-8-2)27(6)36-34(39)37(32)35(40)42-9-3;/h8,22,24-26,32H,2,7,9-21,23H2,1,3-6H3,(H,36,39);1H. The lowest BCUT2D eigenvalue weighted by Crippen LogP contribution is -2.51. The normalized spacial score (nSPS) is 15.0. The van der Waals surface area contributed by atoms with E-state index in [1.165, 1.54) is 64.2 Å². The minimum atomic E-state index is -1.09. The van der Waals surface area contributed by atoms with Gasteiger partial charge in [-0.15, -0.1) is 0 Å². The maximum Gasteiger partial charge on any atom is 0.418 e. The monoisotopic (exact) mass is 600 g/mol. The highest BCUT2D eigenvalue weighted by molar-refractivity contribution is 6.00. The number of ether oxygens (including phenoxy) is 3. The molecule has 8 heteroatoms. The number of imide groups is 1. The largest absolute Gasteiger partial charge is 0.491 e. The lowest BCUT2D eigenvalue weighted by atomic mass is 9.88. The number of carbonyl (C=O) groups excluding carboxylic acids is 3. The summed E-state index contributed by atoms with van der Waals surface area (Å²) in [5.41, 5.74) is 1.92. The third-order valence-electron chi connectivity index (χ3n) is 7.67. The fourth-order valence-electron chi connectivity index (χ4n) is 5.61. The van der Waals surface area contributed by atoms with Crippen LogP contribution < -0.4 is 10.1 Å². The molecule has 8 nitrogen and oxygen atoms in total. The second kappa shape index (κ2) is 19.8. The molecule has 43 heavy (non-hydrogen) atoms. The van der Waals surface area contributed by atoms with Gasteiger partial charge in [-0.05, 0) is 52.2 Å². The average Bonchev–Trinajstić information content (AvgIpc) is 2.95. The van der Waals surface area contributed by atoms with Crippen LogP contribution >= 0.6 is 0 Å². The van der Waals surface area contributed by atoms with E-state index in [2.05, 4.69) is 18.8 Å². The van der Waals surface area contributed by atoms with Crippen LogP contribution in [0.1, 0.15) is 137 Å². The summed E-state index contributed by atoms with van der Waals surface area (Å²) in [7, 11) is 0. The van der Waals surface area contributed by atoms with Crippen LogP contribution in [0.25, 0.3) is 0 Å². The number of benzene rings is 1. The Morgan fingerprint density at radius 2 is 1.56 bits per heavy atom. The maximum absolute atomic E-state index is 13.2. The molecule has 0 spiro atoms. The predicted octanol–water partition coefficient (Wildman–Crippen LogP) is 9.54. The quantitative estimate of drug-likeness (QED) is 0.0910. The van der Waals surface area contributed by atoms with Crippen molar-refractivity contribution in [1.29, 1.82) is 0 Å². The van der Waals surface area contributed by atoms with Gasteiger partial charge in [0.2, 0.25) is 0 Å². The number of carbonyl (C=O) groups is 3. The number of rotatable bonds is 20. The number of urea groups is 1. The highest BCUT2D eigenvalue weighted by Crippen LogP contribution is 2.42. The van der Waals surface area contributed by atoms with Crippen LogP contribution in [0.4, 0.5) is 9.59 Å². The molecular weight excluding hydrogens is 544 g/mol. The number of nitrogens with zero attached hydrogens (tertiary/aromatic N) is 1. The molecule has 0 saturated heterocycles. The Morgan fingerprint density at radius 1 is 0.977 bits per heavy atom. The maximum atomic E-state index is 13.2. The number of unbranched alkanes of at least 4 members (excludes halogenated alkanes) is 12. The SMILES string of the molecule is C=COC(=O)C1=C(C)NC(=O)N(C(=O)OCC)C1c1c(CCCCCCCCCCCCCCC)cccc1OC(C)C.[HH]. The summed E-state index contributed by atoms with van der Waals surface area (Å²) in [6.45, 7) is 12.9. The molecule has 1 atom stereocenters. The molecule has 0 aliphatic carbocycles. The molecular formula is C35H56N2O6. The lowest BCUT2D eigenvalue weighted by Gasteiger charge is -2.37. The van der Waals surface area contributed by atoms with Crippen molar-refractivity contribution in [2.24, 2.45) is 0 Å². The summed E-state index contributed by atoms with van der Waals surface area (Å²) < 4.78 is 16.6. The van der Waals surface area contributed by atoms with Crippen molar-refractivity contribution in [3.63, 3.8) is 0 Å². The van der Waals surface area contributed by atoms with Gasteiger partial charge < -0.3 is 19.5 Å². The van der Waals surface area contributed by atoms with Crippen LogP contribution in [-0.4, -0.2) is 35.7 Å². The Hall–Kier alpha value is -3.29. The summed E-state index contributed by atoms with van der Waals surface area (Å²) in [6.07, 6.45) is 17.1. The molecule has 0 saturated carbocycles. The van der Waals surface area contributed by atoms with Gasteiger partial charge in [-0.2, -0.15) is 0 Å². The third kappa shape index (κ3) is 11.4. The third-order valence-corrected chi connectivity index (χ3v) is 7.67. The zero-order valence-electron chi connectivity index (χ0n) is 27.2. The number of esters is 1. The van der Waals surface area contributed by atoms with Crippen molar-refractivity contribution in [2.75, 3.05) is 6.61 Å². The van der Waals surface area contributed by atoms with Gasteiger partial charge in [-0.25, -0.2) is 19.3 Å². The van der Waals surface area contributed by atoms with E-state index >= 15 is 0 Å². The van der Waals surface area contributed by atoms with Crippen molar-refractivity contribution in [2.45, 2.75) is 137 Å². The summed E-state index contributed by atoms with van der Waals surface area (Å²) in [5, 5.41) is 2.62. The van der Waals surface area contributed by atoms with Gasteiger partial charge in [-0.1, -0.05) is 103 Å². The Balaban J connectivity index is 0.00000968. The van der Waals surface area contributed by atoms with Crippen LogP contribution in [0.2, 0.25) is 0 Å². The van der Waals surface area contributed by atoms with Crippen LogP contribution in [-0.2, 0) is 20.7 Å². The van der Waals surface area contributed by atoms with E-state index in [4.69, 9.17) is 14.2 Å². The summed E-state index contributed by atoms with van der Waals surface area (Å²) >= 11 is 0. The molecule has 0 aromatic heterocycles.